The molecule has 30 heavy (non-hydrogen) atoms. The van der Waals surface area contributed by atoms with Crippen LogP contribution < -0.4 is 10.6 Å². The van der Waals surface area contributed by atoms with Crippen LogP contribution in [0.5, 0.6) is 0 Å². The smallest absolute Gasteiger partial charge is 0.244 e. The maximum atomic E-state index is 13.5. The highest BCUT2D eigenvalue weighted by Crippen LogP contribution is 2.68. The van der Waals surface area contributed by atoms with E-state index < -0.39 is 22.6 Å². The normalized spacial score (nSPS) is 34.4. The highest BCUT2D eigenvalue weighted by molar-refractivity contribution is 8.02. The molecule has 3 unspecified atom stereocenters. The van der Waals surface area contributed by atoms with Gasteiger partial charge in [0.2, 0.25) is 17.7 Å². The van der Waals surface area contributed by atoms with E-state index in [0.29, 0.717) is 5.69 Å². The Morgan fingerprint density at radius 2 is 1.97 bits per heavy atom. The quantitative estimate of drug-likeness (QED) is 0.634. The van der Waals surface area contributed by atoms with Crippen LogP contribution in [0.3, 0.4) is 0 Å². The second-order valence-electron chi connectivity index (χ2n) is 8.83. The summed E-state index contributed by atoms with van der Waals surface area (Å²) in [5.74, 6) is -1.49. The van der Waals surface area contributed by atoms with Crippen molar-refractivity contribution < 1.29 is 19.5 Å². The molecule has 0 aliphatic carbocycles. The number of carbonyl (C=O) groups excluding carboxylic acids is 3. The molecule has 1 aromatic carbocycles. The van der Waals surface area contributed by atoms with Gasteiger partial charge in [-0.05, 0) is 38.3 Å². The summed E-state index contributed by atoms with van der Waals surface area (Å²) in [5, 5.41) is 15.5. The number of rotatable bonds is 6. The molecule has 8 heteroatoms. The zero-order valence-electron chi connectivity index (χ0n) is 17.5. The zero-order chi connectivity index (χ0) is 21.6. The van der Waals surface area contributed by atoms with Crippen molar-refractivity contribution in [3.63, 3.8) is 0 Å². The molecule has 7 nitrogen and oxygen atoms in total. The van der Waals surface area contributed by atoms with Crippen LogP contribution in [0.4, 0.5) is 5.69 Å². The fraction of sp³-hybridized carbons (Fsp3) is 0.591. The molecule has 6 atom stereocenters. The molecule has 3 N–H and O–H groups in total. The molecule has 162 valence electrons. The first-order valence-electron chi connectivity index (χ1n) is 10.6. The summed E-state index contributed by atoms with van der Waals surface area (Å²) in [6.45, 7) is 5.73. The van der Waals surface area contributed by atoms with Crippen LogP contribution >= 0.6 is 11.8 Å². The maximum Gasteiger partial charge on any atom is 0.244 e. The van der Waals surface area contributed by atoms with Crippen molar-refractivity contribution in [1.82, 2.24) is 10.2 Å². The number of carbonyl (C=O) groups is 3. The first-order valence-corrected chi connectivity index (χ1v) is 11.4. The number of nitrogens with one attached hydrogen (secondary N) is 2. The van der Waals surface area contributed by atoms with E-state index >= 15 is 0 Å². The van der Waals surface area contributed by atoms with Gasteiger partial charge in [-0.3, -0.25) is 14.4 Å². The van der Waals surface area contributed by atoms with Crippen molar-refractivity contribution in [3.8, 4) is 0 Å². The van der Waals surface area contributed by atoms with Crippen LogP contribution in [-0.2, 0) is 14.4 Å². The van der Waals surface area contributed by atoms with Crippen molar-refractivity contribution in [2.45, 2.75) is 49.3 Å². The molecule has 3 fully saturated rings. The monoisotopic (exact) mass is 431 g/mol. The number of hydrogen-bond acceptors (Lipinski definition) is 5. The summed E-state index contributed by atoms with van der Waals surface area (Å²) in [6, 6.07) is 8.49. The third-order valence-corrected chi connectivity index (χ3v) is 8.69. The molecule has 3 saturated heterocycles. The minimum absolute atomic E-state index is 0.00305. The molecule has 4 rings (SSSR count). The molecule has 2 bridgehead atoms. The third-order valence-electron chi connectivity index (χ3n) is 6.61. The van der Waals surface area contributed by atoms with Crippen molar-refractivity contribution in [2.75, 3.05) is 18.5 Å². The Morgan fingerprint density at radius 3 is 2.60 bits per heavy atom. The Morgan fingerprint density at radius 1 is 1.27 bits per heavy atom. The van der Waals surface area contributed by atoms with Crippen LogP contribution in [0.15, 0.2) is 30.3 Å². The fourth-order valence-corrected chi connectivity index (χ4v) is 8.00. The molecule has 3 amide bonds. The molecule has 0 radical (unpaired) electrons. The van der Waals surface area contributed by atoms with E-state index in [0.717, 1.165) is 6.42 Å². The summed E-state index contributed by atoms with van der Waals surface area (Å²) >= 11 is 1.64. The van der Waals surface area contributed by atoms with Crippen molar-refractivity contribution in [3.05, 3.63) is 30.3 Å². The number of aliphatic hydroxyl groups excluding tert-OH is 1. The van der Waals surface area contributed by atoms with Gasteiger partial charge in [0.05, 0.1) is 23.2 Å². The minimum atomic E-state index is -0.677. The average molecular weight is 432 g/mol. The summed E-state index contributed by atoms with van der Waals surface area (Å²) in [6.07, 6.45) is 0.791. The van der Waals surface area contributed by atoms with Crippen molar-refractivity contribution >= 4 is 35.2 Å². The summed E-state index contributed by atoms with van der Waals surface area (Å²) in [7, 11) is 0. The highest BCUT2D eigenvalue weighted by atomic mass is 32.2. The standard InChI is InChI=1S/C22H29N3O4S/c1-12(2)23-20(28)18-22-13(3)11-15(30-22)16(17(22)21(29)25(18)9-10-26)19(27)24-14-7-5-4-6-8-14/h4-8,12-13,15-18,26H,9-11H2,1-3H3,(H,23,28)(H,24,27)/t13?,15-,16+,17+,18?,22?/m1/s1. The van der Waals surface area contributed by atoms with E-state index in [9.17, 15) is 19.5 Å². The van der Waals surface area contributed by atoms with Gasteiger partial charge in [0.1, 0.15) is 6.04 Å². The number of nitrogens with zero attached hydrogens (tertiary/aromatic N) is 1. The Balaban J connectivity index is 1.70. The minimum Gasteiger partial charge on any atom is -0.395 e. The number of fused-ring (bicyclic) bond motifs is 1. The summed E-state index contributed by atoms with van der Waals surface area (Å²) in [5.41, 5.74) is 0.698. The number of likely N-dealkylation sites (tertiary alicyclic amines) is 1. The predicted octanol–water partition coefficient (Wildman–Crippen LogP) is 1.48. The van der Waals surface area contributed by atoms with Crippen LogP contribution in [-0.4, -0.2) is 63.0 Å². The van der Waals surface area contributed by atoms with E-state index in [1.54, 1.807) is 11.8 Å². The first kappa shape index (κ1) is 21.2. The van der Waals surface area contributed by atoms with E-state index in [1.165, 1.54) is 4.90 Å². The lowest BCUT2D eigenvalue weighted by molar-refractivity contribution is -0.139. The zero-order valence-corrected chi connectivity index (χ0v) is 18.3. The number of thioether (sulfide) groups is 1. The van der Waals surface area contributed by atoms with Crippen LogP contribution in [0.2, 0.25) is 0 Å². The largest absolute Gasteiger partial charge is 0.395 e. The number of aliphatic hydroxyl groups is 1. The Bertz CT molecular complexity index is 848. The van der Waals surface area contributed by atoms with Gasteiger partial charge in [-0.2, -0.15) is 0 Å². The van der Waals surface area contributed by atoms with Gasteiger partial charge in [0.15, 0.2) is 0 Å². The molecular weight excluding hydrogens is 402 g/mol. The molecule has 1 spiro atoms. The topological polar surface area (TPSA) is 98.7 Å². The second kappa shape index (κ2) is 7.89. The Hall–Kier alpha value is -2.06. The molecule has 0 aromatic heterocycles. The van der Waals surface area contributed by atoms with Gasteiger partial charge in [-0.1, -0.05) is 25.1 Å². The lowest BCUT2D eigenvalue weighted by Crippen LogP contribution is -2.57. The number of β-amino-alcohol motifs (C(OH)–C–C–N with tert-alkyl or cyclic N) is 1. The Labute approximate surface area is 181 Å². The molecule has 3 aliphatic rings. The SMILES string of the molecule is CC(C)NC(=O)C1N(CCO)C(=O)[C@@H]2[C@@H](C(=O)Nc3ccccc3)[C@H]3CC(C)C12S3. The molecule has 3 heterocycles. The molecule has 0 saturated carbocycles. The van der Waals surface area contributed by atoms with Gasteiger partial charge >= 0.3 is 0 Å². The van der Waals surface area contributed by atoms with Gasteiger partial charge in [0, 0.05) is 23.5 Å². The summed E-state index contributed by atoms with van der Waals surface area (Å²) < 4.78 is -0.644. The van der Waals surface area contributed by atoms with Gasteiger partial charge in [-0.15, -0.1) is 11.8 Å². The molecule has 1 aromatic rings. The number of amides is 3. The van der Waals surface area contributed by atoms with E-state index in [-0.39, 0.29) is 48.1 Å². The van der Waals surface area contributed by atoms with E-state index in [1.807, 2.05) is 44.2 Å². The first-order chi connectivity index (χ1) is 14.3. The second-order valence-corrected chi connectivity index (χ2v) is 10.4. The lowest BCUT2D eigenvalue weighted by atomic mass is 9.66. The lowest BCUT2D eigenvalue weighted by Gasteiger charge is -2.38. The number of anilines is 1. The Kier molecular flexibility index (Phi) is 5.57. The van der Waals surface area contributed by atoms with Gasteiger partial charge < -0.3 is 20.6 Å². The number of para-hydroxylation sites is 1. The maximum absolute atomic E-state index is 13.5. The van der Waals surface area contributed by atoms with Crippen LogP contribution in [0, 0.1) is 17.8 Å². The number of hydrogen-bond donors (Lipinski definition) is 3. The van der Waals surface area contributed by atoms with Crippen LogP contribution in [0.25, 0.3) is 0 Å². The number of benzene rings is 1. The average Bonchev–Trinajstić information content (AvgIpc) is 3.27. The van der Waals surface area contributed by atoms with Crippen molar-refractivity contribution in [2.24, 2.45) is 17.8 Å². The van der Waals surface area contributed by atoms with E-state index in [2.05, 4.69) is 17.6 Å². The van der Waals surface area contributed by atoms with Gasteiger partial charge in [0.25, 0.3) is 0 Å². The molecular formula is C22H29N3O4S. The molecule has 3 aliphatic heterocycles. The fourth-order valence-electron chi connectivity index (χ4n) is 5.58. The summed E-state index contributed by atoms with van der Waals surface area (Å²) in [4.78, 5) is 41.5. The van der Waals surface area contributed by atoms with Crippen molar-refractivity contribution in [1.29, 1.82) is 0 Å². The van der Waals surface area contributed by atoms with Gasteiger partial charge in [-0.25, -0.2) is 0 Å². The third kappa shape index (κ3) is 3.12. The van der Waals surface area contributed by atoms with E-state index in [4.69, 9.17) is 0 Å². The van der Waals surface area contributed by atoms with Crippen LogP contribution in [0.1, 0.15) is 27.2 Å². The highest BCUT2D eigenvalue weighted by Gasteiger charge is 2.75. The predicted molar refractivity (Wildman–Crippen MR) is 116 cm³/mol.